The number of thiazole rings is 1. The molecule has 4 rings (SSSR count). The average molecular weight is 520 g/mol. The predicted octanol–water partition coefficient (Wildman–Crippen LogP) is 5.75. The summed E-state index contributed by atoms with van der Waals surface area (Å²) in [6, 6.07) is 11.8. The van der Waals surface area contributed by atoms with E-state index in [9.17, 15) is 9.18 Å². The predicted molar refractivity (Wildman–Crippen MR) is 139 cm³/mol. The van der Waals surface area contributed by atoms with Crippen LogP contribution in [0.25, 0.3) is 6.08 Å². The summed E-state index contributed by atoms with van der Waals surface area (Å²) in [5.41, 5.74) is 2.35. The van der Waals surface area contributed by atoms with Gasteiger partial charge in [0.25, 0.3) is 0 Å². The lowest BCUT2D eigenvalue weighted by atomic mass is 10.2. The Morgan fingerprint density at radius 1 is 1.12 bits per heavy atom. The molecule has 2 aromatic carbocycles. The average Bonchev–Trinajstić information content (AvgIpc) is 3.26. The fraction of sp³-hybridized carbons (Fsp3) is 0.250. The molecular formula is C24H24Cl2FN5OS. The smallest absolute Gasteiger partial charge is 0.319 e. The molecule has 10 heteroatoms. The summed E-state index contributed by atoms with van der Waals surface area (Å²) in [7, 11) is 0. The maximum atomic E-state index is 14.0. The molecule has 2 amide bonds. The van der Waals surface area contributed by atoms with Crippen LogP contribution in [0.3, 0.4) is 0 Å². The van der Waals surface area contributed by atoms with Gasteiger partial charge in [0.15, 0.2) is 4.47 Å². The third kappa shape index (κ3) is 6.93. The third-order valence-corrected chi connectivity index (χ3v) is 6.78. The number of carbonyl (C=O) groups excluding carboxylic acids is 1. The Morgan fingerprint density at radius 2 is 1.88 bits per heavy atom. The quantitative estimate of drug-likeness (QED) is 0.417. The highest BCUT2D eigenvalue weighted by molar-refractivity contribution is 7.15. The zero-order valence-corrected chi connectivity index (χ0v) is 20.6. The Hall–Kier alpha value is -2.65. The lowest BCUT2D eigenvalue weighted by Gasteiger charge is -2.36. The van der Waals surface area contributed by atoms with E-state index in [1.54, 1.807) is 12.3 Å². The van der Waals surface area contributed by atoms with Crippen LogP contribution in [-0.4, -0.2) is 48.6 Å². The zero-order valence-electron chi connectivity index (χ0n) is 18.3. The van der Waals surface area contributed by atoms with E-state index in [1.807, 2.05) is 24.3 Å². The van der Waals surface area contributed by atoms with Gasteiger partial charge in [-0.1, -0.05) is 47.5 Å². The van der Waals surface area contributed by atoms with Crippen LogP contribution in [0.1, 0.15) is 10.4 Å². The number of halogens is 3. The van der Waals surface area contributed by atoms with Gasteiger partial charge in [-0.2, -0.15) is 0 Å². The molecule has 2 N–H and O–H groups in total. The van der Waals surface area contributed by atoms with Crippen molar-refractivity contribution in [3.8, 4) is 0 Å². The van der Waals surface area contributed by atoms with Crippen LogP contribution in [0.2, 0.25) is 9.49 Å². The van der Waals surface area contributed by atoms with Crippen molar-refractivity contribution in [2.24, 2.45) is 0 Å². The number of aromatic nitrogens is 1. The van der Waals surface area contributed by atoms with Crippen LogP contribution in [0.4, 0.5) is 20.6 Å². The Balaban J connectivity index is 1.31. The Bertz CT molecular complexity index is 1150. The SMILES string of the molecule is O=C(NCc1cnc(Cl)s1)Nc1ccc(F)cc1N1CCN(C/C=C/c2ccc(Cl)cc2)CC1. The number of rotatable bonds is 7. The molecule has 0 bridgehead atoms. The molecule has 3 aromatic rings. The van der Waals surface area contributed by atoms with Gasteiger partial charge in [0.05, 0.1) is 17.9 Å². The number of carbonyl (C=O) groups is 1. The van der Waals surface area contributed by atoms with Crippen molar-refractivity contribution in [3.05, 3.63) is 80.5 Å². The van der Waals surface area contributed by atoms with E-state index in [0.717, 1.165) is 48.2 Å². The van der Waals surface area contributed by atoms with Crippen LogP contribution in [0, 0.1) is 5.82 Å². The summed E-state index contributed by atoms with van der Waals surface area (Å²) >= 11 is 13.1. The molecule has 178 valence electrons. The highest BCUT2D eigenvalue weighted by Crippen LogP contribution is 2.28. The topological polar surface area (TPSA) is 60.5 Å². The number of hydrogen-bond acceptors (Lipinski definition) is 5. The number of urea groups is 1. The molecule has 0 spiro atoms. The number of anilines is 2. The molecule has 0 radical (unpaired) electrons. The van der Waals surface area contributed by atoms with Gasteiger partial charge in [0, 0.05) is 48.8 Å². The monoisotopic (exact) mass is 519 g/mol. The Morgan fingerprint density at radius 3 is 2.59 bits per heavy atom. The summed E-state index contributed by atoms with van der Waals surface area (Å²) < 4.78 is 14.5. The van der Waals surface area contributed by atoms with Crippen molar-refractivity contribution in [2.45, 2.75) is 6.54 Å². The summed E-state index contributed by atoms with van der Waals surface area (Å²) in [6.45, 7) is 4.27. The van der Waals surface area contributed by atoms with Crippen molar-refractivity contribution in [1.29, 1.82) is 0 Å². The van der Waals surface area contributed by atoms with E-state index in [1.165, 1.54) is 23.5 Å². The first-order valence-corrected chi connectivity index (χ1v) is 12.4. The molecular weight excluding hydrogens is 496 g/mol. The lowest BCUT2D eigenvalue weighted by molar-refractivity contribution is 0.252. The van der Waals surface area contributed by atoms with Crippen LogP contribution >= 0.6 is 34.5 Å². The largest absolute Gasteiger partial charge is 0.367 e. The highest BCUT2D eigenvalue weighted by atomic mass is 35.5. The standard InChI is InChI=1S/C24H24Cl2FN5OS/c25-18-5-3-17(4-6-18)2-1-9-31-10-12-32(13-11-31)22-14-19(27)7-8-21(22)30-24(33)29-16-20-15-28-23(26)34-20/h1-8,14-15H,9-13,16H2,(H2,29,30,33)/b2-1+. The van der Waals surface area contributed by atoms with Gasteiger partial charge in [0.2, 0.25) is 0 Å². The highest BCUT2D eigenvalue weighted by Gasteiger charge is 2.20. The van der Waals surface area contributed by atoms with Gasteiger partial charge in [0.1, 0.15) is 5.82 Å². The molecule has 0 aliphatic carbocycles. The van der Waals surface area contributed by atoms with Crippen molar-refractivity contribution in [1.82, 2.24) is 15.2 Å². The Kier molecular flexibility index (Phi) is 8.39. The lowest BCUT2D eigenvalue weighted by Crippen LogP contribution is -2.46. The molecule has 6 nitrogen and oxygen atoms in total. The minimum Gasteiger partial charge on any atom is -0.367 e. The van der Waals surface area contributed by atoms with Crippen LogP contribution in [0.15, 0.2) is 54.7 Å². The van der Waals surface area contributed by atoms with E-state index in [2.05, 4.69) is 37.6 Å². The summed E-state index contributed by atoms with van der Waals surface area (Å²) in [4.78, 5) is 21.7. The summed E-state index contributed by atoms with van der Waals surface area (Å²) in [6.07, 6.45) is 5.84. The van der Waals surface area contributed by atoms with E-state index in [0.29, 0.717) is 22.4 Å². The van der Waals surface area contributed by atoms with Gasteiger partial charge < -0.3 is 15.5 Å². The normalized spacial score (nSPS) is 14.5. The number of nitrogens with zero attached hydrogens (tertiary/aromatic N) is 3. The fourth-order valence-electron chi connectivity index (χ4n) is 3.65. The second kappa shape index (κ2) is 11.7. The van der Waals surface area contributed by atoms with Gasteiger partial charge in [-0.25, -0.2) is 14.2 Å². The Labute approximate surface area is 212 Å². The van der Waals surface area contributed by atoms with Crippen molar-refractivity contribution < 1.29 is 9.18 Å². The van der Waals surface area contributed by atoms with Crippen LogP contribution in [0.5, 0.6) is 0 Å². The zero-order chi connectivity index (χ0) is 23.9. The molecule has 0 atom stereocenters. The molecule has 1 saturated heterocycles. The first kappa shape index (κ1) is 24.5. The maximum Gasteiger partial charge on any atom is 0.319 e. The van der Waals surface area contributed by atoms with Crippen LogP contribution in [-0.2, 0) is 6.54 Å². The molecule has 34 heavy (non-hydrogen) atoms. The fourth-order valence-corrected chi connectivity index (χ4v) is 4.70. The van der Waals surface area contributed by atoms with Crippen molar-refractivity contribution in [2.75, 3.05) is 42.9 Å². The number of piperazine rings is 1. The van der Waals surface area contributed by atoms with Gasteiger partial charge in [-0.3, -0.25) is 4.90 Å². The third-order valence-electron chi connectivity index (χ3n) is 5.41. The number of nitrogens with one attached hydrogen (secondary N) is 2. The second-order valence-corrected chi connectivity index (χ2v) is 9.92. The van der Waals surface area contributed by atoms with Crippen LogP contribution < -0.4 is 15.5 Å². The molecule has 0 unspecified atom stereocenters. The molecule has 1 aromatic heterocycles. The molecule has 1 aliphatic heterocycles. The van der Waals surface area contributed by atoms with Gasteiger partial charge in [-0.15, -0.1) is 11.3 Å². The molecule has 2 heterocycles. The molecule has 1 aliphatic rings. The van der Waals surface area contributed by atoms with Gasteiger partial charge in [-0.05, 0) is 35.9 Å². The van der Waals surface area contributed by atoms with E-state index >= 15 is 0 Å². The van der Waals surface area contributed by atoms with E-state index < -0.39 is 0 Å². The molecule has 1 fully saturated rings. The maximum absolute atomic E-state index is 14.0. The first-order valence-electron chi connectivity index (χ1n) is 10.8. The summed E-state index contributed by atoms with van der Waals surface area (Å²) in [5.74, 6) is -0.339. The second-order valence-electron chi connectivity index (χ2n) is 7.79. The minimum absolute atomic E-state index is 0.314. The van der Waals surface area contributed by atoms with Crippen molar-refractivity contribution in [3.63, 3.8) is 0 Å². The van der Waals surface area contributed by atoms with Gasteiger partial charge >= 0.3 is 6.03 Å². The number of benzene rings is 2. The summed E-state index contributed by atoms with van der Waals surface area (Å²) in [5, 5.41) is 6.34. The molecule has 0 saturated carbocycles. The van der Waals surface area contributed by atoms with Crippen molar-refractivity contribution >= 4 is 58.0 Å². The number of hydrogen-bond donors (Lipinski definition) is 2. The van der Waals surface area contributed by atoms with E-state index in [-0.39, 0.29) is 11.8 Å². The first-order chi connectivity index (χ1) is 16.5. The minimum atomic E-state index is -0.372. The number of amides is 2. The van der Waals surface area contributed by atoms with E-state index in [4.69, 9.17) is 23.2 Å².